The Kier molecular flexibility index (Phi) is 3.49. The van der Waals surface area contributed by atoms with Crippen LogP contribution in [0.1, 0.15) is 17.5 Å². The molecular formula is C12H17NS. The van der Waals surface area contributed by atoms with Crippen LogP contribution in [0.2, 0.25) is 0 Å². The summed E-state index contributed by atoms with van der Waals surface area (Å²) in [4.78, 5) is 0. The van der Waals surface area contributed by atoms with Crippen molar-refractivity contribution in [3.05, 3.63) is 35.4 Å². The van der Waals surface area contributed by atoms with Crippen molar-refractivity contribution >= 4 is 11.8 Å². The molecule has 0 radical (unpaired) electrons. The number of aryl methyl sites for hydroxylation is 1. The zero-order chi connectivity index (χ0) is 9.80. The number of nitrogens with one attached hydrogen (secondary N) is 1. The van der Waals surface area contributed by atoms with E-state index in [2.05, 4.69) is 48.3 Å². The van der Waals surface area contributed by atoms with Crippen molar-refractivity contribution < 1.29 is 0 Å². The fourth-order valence-corrected chi connectivity index (χ4v) is 2.97. The molecule has 1 heterocycles. The van der Waals surface area contributed by atoms with Gasteiger partial charge in [0.15, 0.2) is 0 Å². The van der Waals surface area contributed by atoms with E-state index in [0.717, 1.165) is 12.6 Å². The van der Waals surface area contributed by atoms with Gasteiger partial charge in [-0.05, 0) is 24.7 Å². The number of benzene rings is 1. The van der Waals surface area contributed by atoms with Crippen molar-refractivity contribution in [3.8, 4) is 0 Å². The van der Waals surface area contributed by atoms with Crippen LogP contribution < -0.4 is 5.32 Å². The van der Waals surface area contributed by atoms with Crippen molar-refractivity contribution in [2.45, 2.75) is 25.9 Å². The average Bonchev–Trinajstić information content (AvgIpc) is 2.67. The molecule has 1 aromatic carbocycles. The Labute approximate surface area is 90.3 Å². The van der Waals surface area contributed by atoms with Crippen LogP contribution in [0.4, 0.5) is 0 Å². The van der Waals surface area contributed by atoms with Gasteiger partial charge in [0.05, 0.1) is 0 Å². The minimum Gasteiger partial charge on any atom is -0.309 e. The maximum Gasteiger partial charge on any atom is 0.0208 e. The van der Waals surface area contributed by atoms with Crippen LogP contribution in [0.15, 0.2) is 24.3 Å². The minimum atomic E-state index is 0.737. The third kappa shape index (κ3) is 2.76. The Balaban J connectivity index is 1.85. The fraction of sp³-hybridized carbons (Fsp3) is 0.500. The molecule has 76 valence electrons. The normalized spacial score (nSPS) is 21.4. The molecule has 0 saturated carbocycles. The van der Waals surface area contributed by atoms with Crippen LogP contribution in [0, 0.1) is 6.92 Å². The molecule has 1 saturated heterocycles. The van der Waals surface area contributed by atoms with Crippen LogP contribution in [-0.2, 0) is 6.54 Å². The quantitative estimate of drug-likeness (QED) is 0.817. The second kappa shape index (κ2) is 4.85. The van der Waals surface area contributed by atoms with E-state index in [1.54, 1.807) is 0 Å². The molecule has 1 atom stereocenters. The maximum atomic E-state index is 3.60. The Morgan fingerprint density at radius 2 is 2.43 bits per heavy atom. The molecule has 0 amide bonds. The largest absolute Gasteiger partial charge is 0.309 e. The number of hydrogen-bond donors (Lipinski definition) is 1. The topological polar surface area (TPSA) is 12.0 Å². The van der Waals surface area contributed by atoms with Gasteiger partial charge in [-0.3, -0.25) is 0 Å². The molecule has 1 aromatic rings. The van der Waals surface area contributed by atoms with E-state index < -0.39 is 0 Å². The van der Waals surface area contributed by atoms with Crippen molar-refractivity contribution in [2.75, 3.05) is 11.5 Å². The number of rotatable bonds is 3. The smallest absolute Gasteiger partial charge is 0.0208 e. The molecule has 14 heavy (non-hydrogen) atoms. The van der Waals surface area contributed by atoms with E-state index in [1.165, 1.54) is 29.1 Å². The van der Waals surface area contributed by atoms with E-state index in [9.17, 15) is 0 Å². The standard InChI is InChI=1S/C12H17NS/c1-10-3-2-4-11(7-10)8-13-12-5-6-14-9-12/h2-4,7,12-13H,5-6,8-9H2,1H3. The summed E-state index contributed by atoms with van der Waals surface area (Å²) in [5, 5.41) is 3.60. The molecule has 0 aliphatic carbocycles. The first kappa shape index (κ1) is 10.1. The lowest BCUT2D eigenvalue weighted by Crippen LogP contribution is -2.27. The van der Waals surface area contributed by atoms with Gasteiger partial charge in [0, 0.05) is 18.3 Å². The van der Waals surface area contributed by atoms with E-state index in [0.29, 0.717) is 0 Å². The lowest BCUT2D eigenvalue weighted by Gasteiger charge is -2.11. The fourth-order valence-electron chi connectivity index (χ4n) is 1.78. The molecule has 1 aliphatic heterocycles. The van der Waals surface area contributed by atoms with Gasteiger partial charge in [-0.15, -0.1) is 0 Å². The van der Waals surface area contributed by atoms with Crippen molar-refractivity contribution in [3.63, 3.8) is 0 Å². The molecule has 1 aliphatic rings. The Morgan fingerprint density at radius 3 is 3.14 bits per heavy atom. The van der Waals surface area contributed by atoms with Crippen LogP contribution >= 0.6 is 11.8 Å². The second-order valence-corrected chi connectivity index (χ2v) is 5.08. The lowest BCUT2D eigenvalue weighted by molar-refractivity contribution is 0.558. The van der Waals surface area contributed by atoms with Gasteiger partial charge < -0.3 is 5.32 Å². The summed E-state index contributed by atoms with van der Waals surface area (Å²) in [7, 11) is 0. The molecule has 2 rings (SSSR count). The first-order chi connectivity index (χ1) is 6.84. The highest BCUT2D eigenvalue weighted by atomic mass is 32.2. The summed E-state index contributed by atoms with van der Waals surface area (Å²) in [5.41, 5.74) is 2.76. The summed E-state index contributed by atoms with van der Waals surface area (Å²) < 4.78 is 0. The molecule has 0 aromatic heterocycles. The van der Waals surface area contributed by atoms with Gasteiger partial charge in [-0.1, -0.05) is 29.8 Å². The van der Waals surface area contributed by atoms with Crippen LogP contribution in [0.25, 0.3) is 0 Å². The summed E-state index contributed by atoms with van der Waals surface area (Å²) in [6.07, 6.45) is 1.33. The second-order valence-electron chi connectivity index (χ2n) is 3.93. The highest BCUT2D eigenvalue weighted by Gasteiger charge is 2.13. The highest BCUT2D eigenvalue weighted by Crippen LogP contribution is 2.17. The van der Waals surface area contributed by atoms with Gasteiger partial charge >= 0.3 is 0 Å². The minimum absolute atomic E-state index is 0.737. The van der Waals surface area contributed by atoms with Gasteiger partial charge in [0.1, 0.15) is 0 Å². The summed E-state index contributed by atoms with van der Waals surface area (Å²) in [6, 6.07) is 9.47. The monoisotopic (exact) mass is 207 g/mol. The van der Waals surface area contributed by atoms with Crippen molar-refractivity contribution in [1.29, 1.82) is 0 Å². The van der Waals surface area contributed by atoms with Crippen LogP contribution in [-0.4, -0.2) is 17.5 Å². The number of hydrogen-bond acceptors (Lipinski definition) is 2. The Morgan fingerprint density at radius 1 is 1.50 bits per heavy atom. The Bertz CT molecular complexity index is 292. The average molecular weight is 207 g/mol. The SMILES string of the molecule is Cc1cccc(CNC2CCSC2)c1. The first-order valence-corrected chi connectivity index (χ1v) is 6.37. The molecule has 2 heteroatoms. The summed E-state index contributed by atoms with van der Waals surface area (Å²) in [5.74, 6) is 2.61. The van der Waals surface area contributed by atoms with Gasteiger partial charge in [-0.2, -0.15) is 11.8 Å². The van der Waals surface area contributed by atoms with Crippen LogP contribution in [0.3, 0.4) is 0 Å². The molecule has 1 fully saturated rings. The van der Waals surface area contributed by atoms with Gasteiger partial charge in [-0.25, -0.2) is 0 Å². The Hall–Kier alpha value is -0.470. The molecule has 0 spiro atoms. The first-order valence-electron chi connectivity index (χ1n) is 5.21. The molecule has 1 unspecified atom stereocenters. The van der Waals surface area contributed by atoms with E-state index in [4.69, 9.17) is 0 Å². The van der Waals surface area contributed by atoms with Gasteiger partial charge in [0.2, 0.25) is 0 Å². The highest BCUT2D eigenvalue weighted by molar-refractivity contribution is 7.99. The third-order valence-electron chi connectivity index (χ3n) is 2.61. The van der Waals surface area contributed by atoms with E-state index >= 15 is 0 Å². The van der Waals surface area contributed by atoms with E-state index in [-0.39, 0.29) is 0 Å². The van der Waals surface area contributed by atoms with Gasteiger partial charge in [0.25, 0.3) is 0 Å². The predicted octanol–water partition coefficient (Wildman–Crippen LogP) is 2.59. The molecule has 1 N–H and O–H groups in total. The number of thioether (sulfide) groups is 1. The predicted molar refractivity (Wildman–Crippen MR) is 63.7 cm³/mol. The lowest BCUT2D eigenvalue weighted by atomic mass is 10.1. The summed E-state index contributed by atoms with van der Waals surface area (Å²) >= 11 is 2.06. The zero-order valence-corrected chi connectivity index (χ0v) is 9.44. The van der Waals surface area contributed by atoms with Crippen molar-refractivity contribution in [2.24, 2.45) is 0 Å². The van der Waals surface area contributed by atoms with Crippen molar-refractivity contribution in [1.82, 2.24) is 5.32 Å². The van der Waals surface area contributed by atoms with E-state index in [1.807, 2.05) is 0 Å². The van der Waals surface area contributed by atoms with Crippen LogP contribution in [0.5, 0.6) is 0 Å². The maximum absolute atomic E-state index is 3.60. The summed E-state index contributed by atoms with van der Waals surface area (Å²) in [6.45, 7) is 3.17. The molecule has 0 bridgehead atoms. The third-order valence-corrected chi connectivity index (χ3v) is 3.77. The molecular weight excluding hydrogens is 190 g/mol. The molecule has 1 nitrogen and oxygen atoms in total. The zero-order valence-electron chi connectivity index (χ0n) is 8.62.